The summed E-state index contributed by atoms with van der Waals surface area (Å²) in [7, 11) is -2.66. The molecule has 1 unspecified atom stereocenters. The zero-order chi connectivity index (χ0) is 10.3. The van der Waals surface area contributed by atoms with Gasteiger partial charge in [0, 0.05) is 19.0 Å². The third-order valence-electron chi connectivity index (χ3n) is 1.11. The number of ether oxygens (including phenoxy) is 1. The van der Waals surface area contributed by atoms with E-state index in [1.807, 2.05) is 6.92 Å². The Hall–Kier alpha value is -0.640. The van der Waals surface area contributed by atoms with E-state index in [-0.39, 0.29) is 0 Å². The minimum atomic E-state index is -3.74. The van der Waals surface area contributed by atoms with Crippen molar-refractivity contribution in [2.45, 2.75) is 13.3 Å². The van der Waals surface area contributed by atoms with Gasteiger partial charge < -0.3 is 14.2 Å². The zero-order valence-electron chi connectivity index (χ0n) is 7.60. The Morgan fingerprint density at radius 3 is 2.69 bits per heavy atom. The van der Waals surface area contributed by atoms with Crippen LogP contribution in [0, 0.1) is 0 Å². The largest absolute Gasteiger partial charge is 0.463 e. The Morgan fingerprint density at radius 2 is 2.23 bits per heavy atom. The molecule has 0 bridgehead atoms. The lowest BCUT2D eigenvalue weighted by atomic mass is 10.5. The highest BCUT2D eigenvalue weighted by molar-refractivity contribution is 7.56. The molecule has 0 rings (SSSR count). The summed E-state index contributed by atoms with van der Waals surface area (Å²) >= 11 is 0. The molecule has 0 radical (unpaired) electrons. The van der Waals surface area contributed by atoms with Gasteiger partial charge in [0.1, 0.15) is 0 Å². The molecule has 76 valence electrons. The van der Waals surface area contributed by atoms with Crippen LogP contribution < -0.4 is 0 Å². The fourth-order valence-electron chi connectivity index (χ4n) is 0.467. The second-order valence-electron chi connectivity index (χ2n) is 2.23. The van der Waals surface area contributed by atoms with Gasteiger partial charge in [-0.1, -0.05) is 6.92 Å². The van der Waals surface area contributed by atoms with E-state index in [0.29, 0.717) is 13.0 Å². The first-order chi connectivity index (χ1) is 6.02. The lowest BCUT2D eigenvalue weighted by Crippen LogP contribution is -2.00. The zero-order valence-corrected chi connectivity index (χ0v) is 8.49. The molecular formula is C7H13O5P. The van der Waals surface area contributed by atoms with Crippen molar-refractivity contribution in [2.24, 2.45) is 0 Å². The number of hydrogen-bond acceptors (Lipinski definition) is 4. The van der Waals surface area contributed by atoms with E-state index in [2.05, 4.69) is 9.26 Å². The molecular weight excluding hydrogens is 195 g/mol. The maximum atomic E-state index is 10.8. The molecule has 0 fully saturated rings. The van der Waals surface area contributed by atoms with E-state index in [1.165, 1.54) is 0 Å². The first-order valence-electron chi connectivity index (χ1n) is 3.76. The van der Waals surface area contributed by atoms with E-state index in [4.69, 9.17) is 4.89 Å². The van der Waals surface area contributed by atoms with Crippen molar-refractivity contribution in [1.29, 1.82) is 0 Å². The summed E-state index contributed by atoms with van der Waals surface area (Å²) in [6.45, 7) is 2.15. The van der Waals surface area contributed by atoms with Crippen LogP contribution in [0.25, 0.3) is 0 Å². The predicted molar refractivity (Wildman–Crippen MR) is 47.2 cm³/mol. The van der Waals surface area contributed by atoms with Crippen molar-refractivity contribution in [3.8, 4) is 0 Å². The van der Waals surface area contributed by atoms with E-state index in [0.717, 1.165) is 19.0 Å². The lowest BCUT2D eigenvalue weighted by molar-refractivity contribution is -0.137. The van der Waals surface area contributed by atoms with E-state index in [1.54, 1.807) is 0 Å². The molecule has 1 N–H and O–H groups in total. The summed E-state index contributed by atoms with van der Waals surface area (Å²) in [6, 6.07) is 0. The highest BCUT2D eigenvalue weighted by Gasteiger charge is 2.11. The monoisotopic (exact) mass is 208 g/mol. The SMILES string of the molecule is CCCOC(=O)C=CP(=O)(O)OC. The Bertz CT molecular complexity index is 235. The van der Waals surface area contributed by atoms with E-state index >= 15 is 0 Å². The third-order valence-corrected chi connectivity index (χ3v) is 2.16. The van der Waals surface area contributed by atoms with Crippen molar-refractivity contribution in [1.82, 2.24) is 0 Å². The van der Waals surface area contributed by atoms with Crippen LogP contribution in [0.1, 0.15) is 13.3 Å². The second-order valence-corrected chi connectivity index (χ2v) is 4.02. The normalized spacial score (nSPS) is 15.6. The van der Waals surface area contributed by atoms with Gasteiger partial charge in [0.15, 0.2) is 0 Å². The number of carbonyl (C=O) groups is 1. The minimum absolute atomic E-state index is 0.298. The van der Waals surface area contributed by atoms with Crippen LogP contribution in [0.2, 0.25) is 0 Å². The van der Waals surface area contributed by atoms with Crippen LogP contribution >= 0.6 is 7.60 Å². The van der Waals surface area contributed by atoms with Crippen molar-refractivity contribution in [3.63, 3.8) is 0 Å². The molecule has 0 aromatic heterocycles. The molecule has 0 saturated heterocycles. The molecule has 0 saturated carbocycles. The third kappa shape index (κ3) is 6.51. The number of carbonyl (C=O) groups excluding carboxylic acids is 1. The van der Waals surface area contributed by atoms with Gasteiger partial charge in [0.2, 0.25) is 0 Å². The molecule has 5 nitrogen and oxygen atoms in total. The predicted octanol–water partition coefficient (Wildman–Crippen LogP) is 1.29. The molecule has 0 spiro atoms. The Balaban J connectivity index is 3.97. The van der Waals surface area contributed by atoms with Gasteiger partial charge in [0.05, 0.1) is 6.61 Å². The van der Waals surface area contributed by atoms with Crippen LogP contribution in [0.5, 0.6) is 0 Å². The average Bonchev–Trinajstić information content (AvgIpc) is 2.11. The number of esters is 1. The summed E-state index contributed by atoms with van der Waals surface area (Å²) in [4.78, 5) is 19.6. The van der Waals surface area contributed by atoms with Crippen molar-refractivity contribution >= 4 is 13.6 Å². The van der Waals surface area contributed by atoms with Crippen LogP contribution in [-0.4, -0.2) is 24.6 Å². The van der Waals surface area contributed by atoms with Crippen LogP contribution in [0.4, 0.5) is 0 Å². The Kier molecular flexibility index (Phi) is 5.62. The Morgan fingerprint density at radius 1 is 1.62 bits per heavy atom. The molecule has 0 aliphatic rings. The molecule has 0 aliphatic carbocycles. The van der Waals surface area contributed by atoms with Gasteiger partial charge in [0.25, 0.3) is 0 Å². The van der Waals surface area contributed by atoms with E-state index in [9.17, 15) is 9.36 Å². The van der Waals surface area contributed by atoms with Gasteiger partial charge in [-0.05, 0) is 6.42 Å². The van der Waals surface area contributed by atoms with E-state index < -0.39 is 13.6 Å². The van der Waals surface area contributed by atoms with Crippen molar-refractivity contribution in [3.05, 3.63) is 11.9 Å². The number of hydrogen-bond donors (Lipinski definition) is 1. The van der Waals surface area contributed by atoms with Gasteiger partial charge in [-0.3, -0.25) is 4.57 Å². The van der Waals surface area contributed by atoms with Crippen molar-refractivity contribution < 1.29 is 23.5 Å². The lowest BCUT2D eigenvalue weighted by Gasteiger charge is -2.01. The topological polar surface area (TPSA) is 72.8 Å². The first kappa shape index (κ1) is 12.4. The fourth-order valence-corrected chi connectivity index (χ4v) is 0.898. The smallest absolute Gasteiger partial charge is 0.351 e. The standard InChI is InChI=1S/C7H13O5P/c1-3-5-12-7(8)4-6-13(9,10)11-2/h4,6H,3,5H2,1-2H3,(H,9,10). The second kappa shape index (κ2) is 5.91. The Labute approximate surface area is 76.9 Å². The quantitative estimate of drug-likeness (QED) is 0.418. The van der Waals surface area contributed by atoms with Gasteiger partial charge >= 0.3 is 13.6 Å². The van der Waals surface area contributed by atoms with Gasteiger partial charge in [-0.25, -0.2) is 4.79 Å². The van der Waals surface area contributed by atoms with Crippen LogP contribution in [0.3, 0.4) is 0 Å². The number of rotatable bonds is 5. The highest BCUT2D eigenvalue weighted by Crippen LogP contribution is 2.42. The molecule has 1 atom stereocenters. The molecule has 0 aliphatic heterocycles. The molecule has 13 heavy (non-hydrogen) atoms. The van der Waals surface area contributed by atoms with Crippen LogP contribution in [0.15, 0.2) is 11.9 Å². The summed E-state index contributed by atoms with van der Waals surface area (Å²) in [5.74, 6) is 0.151. The maximum absolute atomic E-state index is 10.8. The van der Waals surface area contributed by atoms with Crippen molar-refractivity contribution in [2.75, 3.05) is 13.7 Å². The summed E-state index contributed by atoms with van der Waals surface area (Å²) < 4.78 is 19.6. The van der Waals surface area contributed by atoms with Crippen LogP contribution in [-0.2, 0) is 18.6 Å². The molecule has 0 amide bonds. The maximum Gasteiger partial charge on any atom is 0.351 e. The minimum Gasteiger partial charge on any atom is -0.463 e. The highest BCUT2D eigenvalue weighted by atomic mass is 31.2. The van der Waals surface area contributed by atoms with Gasteiger partial charge in [-0.15, -0.1) is 0 Å². The summed E-state index contributed by atoms with van der Waals surface area (Å²) in [6.07, 6.45) is 1.60. The molecule has 6 heteroatoms. The van der Waals surface area contributed by atoms with Gasteiger partial charge in [-0.2, -0.15) is 0 Å². The molecule has 0 heterocycles. The summed E-state index contributed by atoms with van der Waals surface area (Å²) in [5, 5.41) is 0. The first-order valence-corrected chi connectivity index (χ1v) is 5.40. The fraction of sp³-hybridized carbons (Fsp3) is 0.571. The summed E-state index contributed by atoms with van der Waals surface area (Å²) in [5.41, 5.74) is 0. The average molecular weight is 208 g/mol. The molecule has 0 aromatic carbocycles. The molecule has 0 aromatic rings.